The molecule has 1 aliphatic rings. The Morgan fingerprint density at radius 1 is 1.03 bits per heavy atom. The van der Waals surface area contributed by atoms with Gasteiger partial charge in [0.1, 0.15) is 10.6 Å². The summed E-state index contributed by atoms with van der Waals surface area (Å²) < 4.78 is 72.2. The molecule has 0 radical (unpaired) electrons. The van der Waals surface area contributed by atoms with E-state index in [-0.39, 0.29) is 38.5 Å². The average Bonchev–Trinajstić information content (AvgIpc) is 2.75. The molecule has 0 aliphatic carbocycles. The third-order valence-corrected chi connectivity index (χ3v) is 6.92. The molecule has 31 heavy (non-hydrogen) atoms. The Morgan fingerprint density at radius 3 is 2.42 bits per heavy atom. The Bertz CT molecular complexity index is 1050. The van der Waals surface area contributed by atoms with Crippen LogP contribution in [0.5, 0.6) is 5.75 Å². The van der Waals surface area contributed by atoms with Crippen molar-refractivity contribution in [2.45, 2.75) is 24.7 Å². The van der Waals surface area contributed by atoms with E-state index >= 15 is 0 Å². The zero-order valence-corrected chi connectivity index (χ0v) is 17.8. The first kappa shape index (κ1) is 23.1. The van der Waals surface area contributed by atoms with Crippen LogP contribution in [0, 0.1) is 24.4 Å². The molecule has 6 nitrogen and oxygen atoms in total. The highest BCUT2D eigenvalue weighted by molar-refractivity contribution is 7.89. The molecule has 1 heterocycles. The number of halogens is 3. The lowest BCUT2D eigenvalue weighted by atomic mass is 10.2. The Morgan fingerprint density at radius 2 is 1.74 bits per heavy atom. The standard InChI is InChI=1S/C21H23F3N2O4S/c1-15-4-2-5-16(14-15)30-13-3-6-19(27)25-9-11-26(12-10-25)31(28,29)18-8-7-17(22)20(23)21(18)24/h2,4-5,7-8,14H,3,6,9-13H2,1H3. The minimum Gasteiger partial charge on any atom is -0.494 e. The number of rotatable bonds is 7. The Kier molecular flexibility index (Phi) is 7.22. The molecule has 0 unspecified atom stereocenters. The molecular formula is C21H23F3N2O4S. The van der Waals surface area contributed by atoms with Crippen molar-refractivity contribution in [2.24, 2.45) is 0 Å². The molecule has 3 rings (SSSR count). The summed E-state index contributed by atoms with van der Waals surface area (Å²) in [5.41, 5.74) is 1.07. The highest BCUT2D eigenvalue weighted by atomic mass is 32.2. The fraction of sp³-hybridized carbons (Fsp3) is 0.381. The molecular weight excluding hydrogens is 433 g/mol. The number of carbonyl (C=O) groups excluding carboxylic acids is 1. The molecule has 168 valence electrons. The summed E-state index contributed by atoms with van der Waals surface area (Å²) in [5, 5.41) is 0. The van der Waals surface area contributed by atoms with E-state index in [0.29, 0.717) is 25.2 Å². The number of hydrogen-bond acceptors (Lipinski definition) is 4. The maximum atomic E-state index is 13.9. The summed E-state index contributed by atoms with van der Waals surface area (Å²) in [4.78, 5) is 13.0. The van der Waals surface area contributed by atoms with E-state index in [1.807, 2.05) is 31.2 Å². The Balaban J connectivity index is 1.49. The summed E-state index contributed by atoms with van der Waals surface area (Å²) in [7, 11) is -4.34. The van der Waals surface area contributed by atoms with Gasteiger partial charge in [0, 0.05) is 32.6 Å². The van der Waals surface area contributed by atoms with Gasteiger partial charge in [-0.2, -0.15) is 4.31 Å². The second-order valence-corrected chi connectivity index (χ2v) is 9.13. The lowest BCUT2D eigenvalue weighted by Gasteiger charge is -2.34. The van der Waals surface area contributed by atoms with Crippen molar-refractivity contribution in [1.82, 2.24) is 9.21 Å². The predicted molar refractivity (Wildman–Crippen MR) is 108 cm³/mol. The molecule has 0 atom stereocenters. The number of carbonyl (C=O) groups is 1. The molecule has 1 fully saturated rings. The van der Waals surface area contributed by atoms with E-state index in [1.165, 1.54) is 4.90 Å². The van der Waals surface area contributed by atoms with Gasteiger partial charge in [0.2, 0.25) is 15.9 Å². The molecule has 2 aromatic carbocycles. The van der Waals surface area contributed by atoms with Gasteiger partial charge in [-0.15, -0.1) is 0 Å². The first-order valence-corrected chi connectivity index (χ1v) is 11.2. The number of piperazine rings is 1. The van der Waals surface area contributed by atoms with Crippen LogP contribution in [0.1, 0.15) is 18.4 Å². The van der Waals surface area contributed by atoms with E-state index in [4.69, 9.17) is 4.74 Å². The maximum absolute atomic E-state index is 13.9. The van der Waals surface area contributed by atoms with Gasteiger partial charge in [-0.25, -0.2) is 21.6 Å². The molecule has 10 heteroatoms. The van der Waals surface area contributed by atoms with Crippen LogP contribution in [-0.2, 0) is 14.8 Å². The zero-order valence-electron chi connectivity index (χ0n) is 17.0. The number of nitrogens with zero attached hydrogens (tertiary/aromatic N) is 2. The Hall–Kier alpha value is -2.59. The fourth-order valence-electron chi connectivity index (χ4n) is 3.30. The number of sulfonamides is 1. The highest BCUT2D eigenvalue weighted by Gasteiger charge is 2.33. The van der Waals surface area contributed by atoms with Gasteiger partial charge < -0.3 is 9.64 Å². The molecule has 0 spiro atoms. The van der Waals surface area contributed by atoms with Crippen LogP contribution in [-0.4, -0.2) is 56.3 Å². The average molecular weight is 456 g/mol. The molecule has 2 aromatic rings. The molecule has 0 saturated carbocycles. The molecule has 0 bridgehead atoms. The lowest BCUT2D eigenvalue weighted by molar-refractivity contribution is -0.132. The summed E-state index contributed by atoms with van der Waals surface area (Å²) in [6.45, 7) is 2.46. The van der Waals surface area contributed by atoms with Crippen molar-refractivity contribution >= 4 is 15.9 Å². The predicted octanol–water partition coefficient (Wildman–Crippen LogP) is 3.10. The first-order chi connectivity index (χ1) is 14.7. The van der Waals surface area contributed by atoms with Crippen LogP contribution in [0.3, 0.4) is 0 Å². The first-order valence-electron chi connectivity index (χ1n) is 9.81. The van der Waals surface area contributed by atoms with Crippen LogP contribution >= 0.6 is 0 Å². The SMILES string of the molecule is Cc1cccc(OCCCC(=O)N2CCN(S(=O)(=O)c3ccc(F)c(F)c3F)CC2)c1. The van der Waals surface area contributed by atoms with Crippen molar-refractivity contribution in [3.63, 3.8) is 0 Å². The molecule has 1 saturated heterocycles. The quantitative estimate of drug-likeness (QED) is 0.474. The summed E-state index contributed by atoms with van der Waals surface area (Å²) in [6, 6.07) is 8.85. The highest BCUT2D eigenvalue weighted by Crippen LogP contribution is 2.24. The van der Waals surface area contributed by atoms with Gasteiger partial charge in [-0.1, -0.05) is 12.1 Å². The van der Waals surface area contributed by atoms with Crippen LogP contribution < -0.4 is 4.74 Å². The van der Waals surface area contributed by atoms with Gasteiger partial charge in [-0.3, -0.25) is 4.79 Å². The molecule has 1 amide bonds. The third-order valence-electron chi connectivity index (χ3n) is 5.00. The number of hydrogen-bond donors (Lipinski definition) is 0. The number of aryl methyl sites for hydroxylation is 1. The van der Waals surface area contributed by atoms with Crippen LogP contribution in [0.2, 0.25) is 0 Å². The van der Waals surface area contributed by atoms with Gasteiger partial charge in [0.25, 0.3) is 0 Å². The van der Waals surface area contributed by atoms with Crippen LogP contribution in [0.25, 0.3) is 0 Å². The van der Waals surface area contributed by atoms with E-state index in [0.717, 1.165) is 15.6 Å². The van der Waals surface area contributed by atoms with E-state index in [2.05, 4.69) is 0 Å². The molecule has 1 aliphatic heterocycles. The minimum atomic E-state index is -4.34. The van der Waals surface area contributed by atoms with Crippen LogP contribution in [0.15, 0.2) is 41.3 Å². The second kappa shape index (κ2) is 9.69. The number of ether oxygens (including phenoxy) is 1. The van der Waals surface area contributed by atoms with Crippen molar-refractivity contribution in [1.29, 1.82) is 0 Å². The zero-order chi connectivity index (χ0) is 22.6. The van der Waals surface area contributed by atoms with E-state index in [1.54, 1.807) is 0 Å². The maximum Gasteiger partial charge on any atom is 0.246 e. The second-order valence-electron chi connectivity index (χ2n) is 7.23. The van der Waals surface area contributed by atoms with Crippen molar-refractivity contribution < 1.29 is 31.1 Å². The third kappa shape index (κ3) is 5.37. The summed E-state index contributed by atoms with van der Waals surface area (Å²) >= 11 is 0. The monoisotopic (exact) mass is 456 g/mol. The molecule has 0 aromatic heterocycles. The van der Waals surface area contributed by atoms with Gasteiger partial charge in [-0.05, 0) is 43.2 Å². The van der Waals surface area contributed by atoms with Gasteiger partial charge >= 0.3 is 0 Å². The van der Waals surface area contributed by atoms with Gasteiger partial charge in [0.05, 0.1) is 6.61 Å². The summed E-state index contributed by atoms with van der Waals surface area (Å²) in [5.74, 6) is -4.44. The summed E-state index contributed by atoms with van der Waals surface area (Å²) in [6.07, 6.45) is 0.752. The number of amides is 1. The fourth-order valence-corrected chi connectivity index (χ4v) is 4.78. The number of benzene rings is 2. The van der Waals surface area contributed by atoms with Crippen molar-refractivity contribution in [2.75, 3.05) is 32.8 Å². The van der Waals surface area contributed by atoms with Crippen molar-refractivity contribution in [3.05, 3.63) is 59.4 Å². The van der Waals surface area contributed by atoms with Crippen LogP contribution in [0.4, 0.5) is 13.2 Å². The van der Waals surface area contributed by atoms with E-state index in [9.17, 15) is 26.4 Å². The normalized spacial score (nSPS) is 15.2. The van der Waals surface area contributed by atoms with Gasteiger partial charge in [0.15, 0.2) is 17.5 Å². The smallest absolute Gasteiger partial charge is 0.246 e. The Labute approximate surface area is 179 Å². The lowest BCUT2D eigenvalue weighted by Crippen LogP contribution is -2.50. The largest absolute Gasteiger partial charge is 0.494 e. The minimum absolute atomic E-state index is 0.0632. The van der Waals surface area contributed by atoms with Crippen molar-refractivity contribution in [3.8, 4) is 5.75 Å². The molecule has 0 N–H and O–H groups in total. The topological polar surface area (TPSA) is 66.9 Å². The van der Waals surface area contributed by atoms with E-state index < -0.39 is 32.4 Å².